The number of hydrogen-bond donors (Lipinski definition) is 2. The van der Waals surface area contributed by atoms with Crippen LogP contribution >= 0.6 is 0 Å². The smallest absolute Gasteiger partial charge is 0.335 e. The molecular formula is C12H13NO4S. The predicted molar refractivity (Wildman–Crippen MR) is 66.8 cm³/mol. The van der Waals surface area contributed by atoms with Gasteiger partial charge in [-0.2, -0.15) is 4.72 Å². The molecule has 0 saturated heterocycles. The van der Waals surface area contributed by atoms with E-state index in [0.717, 1.165) is 6.07 Å². The zero-order valence-corrected chi connectivity index (χ0v) is 10.8. The van der Waals surface area contributed by atoms with Crippen LogP contribution in [0.15, 0.2) is 23.1 Å². The highest BCUT2D eigenvalue weighted by atomic mass is 32.2. The lowest BCUT2D eigenvalue weighted by molar-refractivity contribution is 0.0696. The maximum absolute atomic E-state index is 11.8. The summed E-state index contributed by atoms with van der Waals surface area (Å²) in [6, 6.07) is 3.96. The van der Waals surface area contributed by atoms with Crippen LogP contribution in [0.2, 0.25) is 0 Å². The van der Waals surface area contributed by atoms with Gasteiger partial charge in [0, 0.05) is 0 Å². The largest absolute Gasteiger partial charge is 0.478 e. The molecule has 0 atom stereocenters. The van der Waals surface area contributed by atoms with Gasteiger partial charge in [0.1, 0.15) is 0 Å². The van der Waals surface area contributed by atoms with Crippen LogP contribution < -0.4 is 4.72 Å². The van der Waals surface area contributed by atoms with Gasteiger partial charge in [-0.1, -0.05) is 12.0 Å². The molecular weight excluding hydrogens is 254 g/mol. The van der Waals surface area contributed by atoms with Gasteiger partial charge in [-0.15, -0.1) is 5.92 Å². The van der Waals surface area contributed by atoms with Gasteiger partial charge in [0.15, 0.2) is 0 Å². The summed E-state index contributed by atoms with van der Waals surface area (Å²) < 4.78 is 25.9. The maximum Gasteiger partial charge on any atom is 0.335 e. The van der Waals surface area contributed by atoms with Gasteiger partial charge in [-0.05, 0) is 31.5 Å². The molecule has 0 amide bonds. The van der Waals surface area contributed by atoms with Crippen LogP contribution in [0.25, 0.3) is 0 Å². The van der Waals surface area contributed by atoms with E-state index in [9.17, 15) is 13.2 Å². The lowest BCUT2D eigenvalue weighted by Gasteiger charge is -2.06. The third-order valence-electron chi connectivity index (χ3n) is 2.28. The first-order chi connectivity index (χ1) is 8.38. The van der Waals surface area contributed by atoms with Crippen molar-refractivity contribution in [3.8, 4) is 11.8 Å². The van der Waals surface area contributed by atoms with Crippen LogP contribution in [0.3, 0.4) is 0 Å². The predicted octanol–water partition coefficient (Wildman–Crippen LogP) is 0.995. The molecule has 0 aromatic heterocycles. The van der Waals surface area contributed by atoms with Gasteiger partial charge in [-0.25, -0.2) is 13.2 Å². The van der Waals surface area contributed by atoms with Gasteiger partial charge >= 0.3 is 5.97 Å². The molecule has 0 saturated carbocycles. The van der Waals surface area contributed by atoms with Crippen molar-refractivity contribution >= 4 is 16.0 Å². The lowest BCUT2D eigenvalue weighted by Crippen LogP contribution is -2.24. The first kappa shape index (κ1) is 14.2. The topological polar surface area (TPSA) is 83.5 Å². The SMILES string of the molecule is CC#CCNS(=O)(=O)c1ccc(C)c(C(=O)O)c1. The molecule has 0 radical (unpaired) electrons. The van der Waals surface area contributed by atoms with Crippen LogP contribution in [-0.2, 0) is 10.0 Å². The molecule has 0 aliphatic carbocycles. The third kappa shape index (κ3) is 3.32. The van der Waals surface area contributed by atoms with E-state index in [-0.39, 0.29) is 17.0 Å². The Bertz CT molecular complexity index is 623. The van der Waals surface area contributed by atoms with Crippen molar-refractivity contribution < 1.29 is 18.3 Å². The van der Waals surface area contributed by atoms with Crippen molar-refractivity contribution in [1.29, 1.82) is 0 Å². The highest BCUT2D eigenvalue weighted by Crippen LogP contribution is 2.15. The van der Waals surface area contributed by atoms with E-state index in [2.05, 4.69) is 16.6 Å². The van der Waals surface area contributed by atoms with Crippen molar-refractivity contribution in [2.75, 3.05) is 6.54 Å². The number of aromatic carboxylic acids is 1. The average molecular weight is 267 g/mol. The Kier molecular flexibility index (Phi) is 4.48. The van der Waals surface area contributed by atoms with E-state index >= 15 is 0 Å². The number of carboxylic acid groups (broad SMARTS) is 1. The number of aryl methyl sites for hydroxylation is 1. The minimum Gasteiger partial charge on any atom is -0.478 e. The van der Waals surface area contributed by atoms with Gasteiger partial charge in [0.2, 0.25) is 10.0 Å². The summed E-state index contributed by atoms with van der Waals surface area (Å²) in [5, 5.41) is 8.93. The lowest BCUT2D eigenvalue weighted by atomic mass is 10.1. The summed E-state index contributed by atoms with van der Waals surface area (Å²) in [4.78, 5) is 10.8. The molecule has 1 aromatic carbocycles. The fourth-order valence-corrected chi connectivity index (χ4v) is 2.25. The van der Waals surface area contributed by atoms with Crippen molar-refractivity contribution in [1.82, 2.24) is 4.72 Å². The molecule has 0 fully saturated rings. The average Bonchev–Trinajstić information content (AvgIpc) is 2.29. The third-order valence-corrected chi connectivity index (χ3v) is 3.68. The second-order valence-corrected chi connectivity index (χ2v) is 5.30. The van der Waals surface area contributed by atoms with E-state index in [1.807, 2.05) is 0 Å². The van der Waals surface area contributed by atoms with E-state index in [0.29, 0.717) is 5.56 Å². The summed E-state index contributed by atoms with van der Waals surface area (Å²) in [5.41, 5.74) is 0.481. The van der Waals surface area contributed by atoms with Crippen LogP contribution in [0.1, 0.15) is 22.8 Å². The zero-order valence-electron chi connectivity index (χ0n) is 10.0. The van der Waals surface area contributed by atoms with Crippen molar-refractivity contribution in [3.63, 3.8) is 0 Å². The van der Waals surface area contributed by atoms with Gasteiger partial charge in [0.25, 0.3) is 0 Å². The molecule has 96 valence electrons. The Labute approximate surface area is 106 Å². The van der Waals surface area contributed by atoms with Gasteiger partial charge < -0.3 is 5.11 Å². The highest BCUT2D eigenvalue weighted by molar-refractivity contribution is 7.89. The molecule has 0 spiro atoms. The van der Waals surface area contributed by atoms with Crippen LogP contribution in [-0.4, -0.2) is 26.0 Å². The van der Waals surface area contributed by atoms with E-state index in [1.54, 1.807) is 13.8 Å². The molecule has 0 aliphatic rings. The quantitative estimate of drug-likeness (QED) is 0.797. The second-order valence-electron chi connectivity index (χ2n) is 3.53. The molecule has 1 rings (SSSR count). The number of carboxylic acids is 1. The fraction of sp³-hybridized carbons (Fsp3) is 0.250. The number of rotatable bonds is 4. The zero-order chi connectivity index (χ0) is 13.8. The highest BCUT2D eigenvalue weighted by Gasteiger charge is 2.16. The molecule has 2 N–H and O–H groups in total. The molecule has 1 aromatic rings. The standard InChI is InChI=1S/C12H13NO4S/c1-3-4-7-13-18(16,17)10-6-5-9(2)11(8-10)12(14)15/h5-6,8,13H,7H2,1-2H3,(H,14,15). The van der Waals surface area contributed by atoms with E-state index in [4.69, 9.17) is 5.11 Å². The number of hydrogen-bond acceptors (Lipinski definition) is 3. The molecule has 0 unspecified atom stereocenters. The van der Waals surface area contributed by atoms with Crippen molar-refractivity contribution in [2.45, 2.75) is 18.7 Å². The normalized spacial score (nSPS) is 10.6. The fourth-order valence-electron chi connectivity index (χ4n) is 1.30. The Hall–Kier alpha value is -1.84. The summed E-state index contributed by atoms with van der Waals surface area (Å²) >= 11 is 0. The molecule has 5 nitrogen and oxygen atoms in total. The minimum atomic E-state index is -3.72. The first-order valence-corrected chi connectivity index (χ1v) is 6.60. The van der Waals surface area contributed by atoms with Crippen LogP contribution in [0.5, 0.6) is 0 Å². The Morgan fingerprint density at radius 1 is 1.44 bits per heavy atom. The summed E-state index contributed by atoms with van der Waals surface area (Å²) in [7, 11) is -3.72. The van der Waals surface area contributed by atoms with Crippen molar-refractivity contribution in [2.24, 2.45) is 0 Å². The molecule has 6 heteroatoms. The monoisotopic (exact) mass is 267 g/mol. The van der Waals surface area contributed by atoms with Crippen LogP contribution in [0.4, 0.5) is 0 Å². The Balaban J connectivity index is 3.12. The minimum absolute atomic E-state index is 0.00485. The Morgan fingerprint density at radius 2 is 2.11 bits per heavy atom. The molecule has 0 bridgehead atoms. The maximum atomic E-state index is 11.8. The number of nitrogens with one attached hydrogen (secondary N) is 1. The van der Waals surface area contributed by atoms with Crippen LogP contribution in [0, 0.1) is 18.8 Å². The summed E-state index contributed by atoms with van der Waals surface area (Å²) in [6.07, 6.45) is 0. The number of carbonyl (C=O) groups is 1. The number of sulfonamides is 1. The summed E-state index contributed by atoms with van der Waals surface area (Å²) in [6.45, 7) is 3.20. The second kappa shape index (κ2) is 5.67. The summed E-state index contributed by atoms with van der Waals surface area (Å²) in [5.74, 6) is 3.97. The molecule has 18 heavy (non-hydrogen) atoms. The van der Waals surface area contributed by atoms with E-state index in [1.165, 1.54) is 12.1 Å². The Morgan fingerprint density at radius 3 is 2.67 bits per heavy atom. The molecule has 0 aliphatic heterocycles. The molecule has 0 heterocycles. The van der Waals surface area contributed by atoms with Gasteiger partial charge in [-0.3, -0.25) is 0 Å². The number of benzene rings is 1. The first-order valence-electron chi connectivity index (χ1n) is 5.11. The van der Waals surface area contributed by atoms with E-state index < -0.39 is 16.0 Å². The van der Waals surface area contributed by atoms with Crippen molar-refractivity contribution in [3.05, 3.63) is 29.3 Å². The van der Waals surface area contributed by atoms with Gasteiger partial charge in [0.05, 0.1) is 17.0 Å².